The number of para-hydroxylation sites is 1. The summed E-state index contributed by atoms with van der Waals surface area (Å²) in [4.78, 5) is 6.67. The zero-order valence-corrected chi connectivity index (χ0v) is 9.13. The van der Waals surface area contributed by atoms with E-state index in [-0.39, 0.29) is 0 Å². The summed E-state index contributed by atoms with van der Waals surface area (Å²) in [6.07, 6.45) is 1.21. The quantitative estimate of drug-likeness (QED) is 0.702. The van der Waals surface area contributed by atoms with Gasteiger partial charge in [-0.25, -0.2) is 0 Å². The van der Waals surface area contributed by atoms with Crippen molar-refractivity contribution < 1.29 is 0 Å². The fourth-order valence-corrected chi connectivity index (χ4v) is 2.35. The number of nitrogens with zero attached hydrogens (tertiary/aromatic N) is 2. The van der Waals surface area contributed by atoms with Crippen molar-refractivity contribution in [2.75, 3.05) is 24.2 Å². The van der Waals surface area contributed by atoms with Crippen molar-refractivity contribution in [2.45, 2.75) is 6.42 Å². The van der Waals surface area contributed by atoms with Gasteiger partial charge >= 0.3 is 0 Å². The first-order chi connectivity index (χ1) is 6.88. The maximum atomic E-state index is 4.51. The van der Waals surface area contributed by atoms with Crippen LogP contribution in [0.2, 0.25) is 0 Å². The molecule has 0 unspecified atom stereocenters. The SMILES string of the molecule is CN(C1=NCCCS1)c1ccccc1. The Morgan fingerprint density at radius 3 is 2.71 bits per heavy atom. The molecule has 0 atom stereocenters. The Balaban J connectivity index is 2.15. The van der Waals surface area contributed by atoms with E-state index < -0.39 is 0 Å². The average molecular weight is 206 g/mol. The fourth-order valence-electron chi connectivity index (χ4n) is 1.41. The summed E-state index contributed by atoms with van der Waals surface area (Å²) in [6.45, 7) is 0.972. The number of benzene rings is 1. The van der Waals surface area contributed by atoms with Gasteiger partial charge in [0.2, 0.25) is 0 Å². The molecular weight excluding hydrogens is 192 g/mol. The largest absolute Gasteiger partial charge is 0.324 e. The number of hydrogen-bond acceptors (Lipinski definition) is 3. The zero-order chi connectivity index (χ0) is 9.80. The van der Waals surface area contributed by atoms with Gasteiger partial charge in [0.1, 0.15) is 0 Å². The van der Waals surface area contributed by atoms with Crippen LogP contribution in [0.5, 0.6) is 0 Å². The molecule has 1 aromatic carbocycles. The van der Waals surface area contributed by atoms with E-state index in [1.807, 2.05) is 17.8 Å². The van der Waals surface area contributed by atoms with Gasteiger partial charge in [0.25, 0.3) is 0 Å². The summed E-state index contributed by atoms with van der Waals surface area (Å²) in [7, 11) is 2.08. The second-order valence-electron chi connectivity index (χ2n) is 3.26. The third-order valence-electron chi connectivity index (χ3n) is 2.21. The molecule has 0 radical (unpaired) electrons. The third kappa shape index (κ3) is 2.10. The fraction of sp³-hybridized carbons (Fsp3) is 0.364. The van der Waals surface area contributed by atoms with Crippen molar-refractivity contribution in [1.29, 1.82) is 0 Å². The summed E-state index contributed by atoms with van der Waals surface area (Å²) in [6, 6.07) is 10.4. The second-order valence-corrected chi connectivity index (χ2v) is 4.32. The number of anilines is 1. The van der Waals surface area contributed by atoms with Gasteiger partial charge in [-0.05, 0) is 18.6 Å². The lowest BCUT2D eigenvalue weighted by molar-refractivity contribution is 0.932. The highest BCUT2D eigenvalue weighted by atomic mass is 32.2. The van der Waals surface area contributed by atoms with Crippen LogP contribution in [0.4, 0.5) is 5.69 Å². The number of rotatable bonds is 1. The number of amidine groups is 1. The van der Waals surface area contributed by atoms with Crippen molar-refractivity contribution in [3.8, 4) is 0 Å². The van der Waals surface area contributed by atoms with E-state index in [1.54, 1.807) is 0 Å². The van der Waals surface area contributed by atoms with Crippen LogP contribution < -0.4 is 4.90 Å². The summed E-state index contributed by atoms with van der Waals surface area (Å²) >= 11 is 1.84. The predicted octanol–water partition coefficient (Wildman–Crippen LogP) is 2.62. The van der Waals surface area contributed by atoms with E-state index in [2.05, 4.69) is 41.2 Å². The molecule has 3 heteroatoms. The highest BCUT2D eigenvalue weighted by Gasteiger charge is 2.11. The third-order valence-corrected chi connectivity index (χ3v) is 3.37. The maximum Gasteiger partial charge on any atom is 0.163 e. The predicted molar refractivity (Wildman–Crippen MR) is 64.2 cm³/mol. The maximum absolute atomic E-state index is 4.51. The molecule has 0 saturated carbocycles. The molecule has 0 bridgehead atoms. The molecule has 0 aliphatic carbocycles. The minimum absolute atomic E-state index is 0.972. The number of aliphatic imine (C=N–C) groups is 1. The van der Waals surface area contributed by atoms with Crippen molar-refractivity contribution in [3.63, 3.8) is 0 Å². The van der Waals surface area contributed by atoms with E-state index in [4.69, 9.17) is 0 Å². The molecule has 74 valence electrons. The van der Waals surface area contributed by atoms with Gasteiger partial charge in [0.15, 0.2) is 5.17 Å². The van der Waals surface area contributed by atoms with E-state index in [1.165, 1.54) is 17.9 Å². The van der Waals surface area contributed by atoms with Gasteiger partial charge in [-0.15, -0.1) is 0 Å². The summed E-state index contributed by atoms with van der Waals surface area (Å²) < 4.78 is 0. The van der Waals surface area contributed by atoms with Crippen molar-refractivity contribution in [3.05, 3.63) is 30.3 Å². The van der Waals surface area contributed by atoms with Gasteiger partial charge in [-0.2, -0.15) is 0 Å². The molecule has 1 aromatic rings. The monoisotopic (exact) mass is 206 g/mol. The molecular formula is C11H14N2S. The van der Waals surface area contributed by atoms with Crippen LogP contribution in [0.1, 0.15) is 6.42 Å². The highest BCUT2D eigenvalue weighted by Crippen LogP contribution is 2.20. The van der Waals surface area contributed by atoms with E-state index in [0.717, 1.165) is 11.7 Å². The Morgan fingerprint density at radius 1 is 1.29 bits per heavy atom. The lowest BCUT2D eigenvalue weighted by Gasteiger charge is -2.22. The average Bonchev–Trinajstić information content (AvgIpc) is 2.30. The smallest absolute Gasteiger partial charge is 0.163 e. The lowest BCUT2D eigenvalue weighted by Crippen LogP contribution is -2.26. The molecule has 0 saturated heterocycles. The van der Waals surface area contributed by atoms with Crippen molar-refractivity contribution >= 4 is 22.6 Å². The van der Waals surface area contributed by atoms with Gasteiger partial charge in [0, 0.05) is 25.0 Å². The molecule has 1 heterocycles. The van der Waals surface area contributed by atoms with Gasteiger partial charge < -0.3 is 4.90 Å². The molecule has 1 aliphatic heterocycles. The topological polar surface area (TPSA) is 15.6 Å². The first kappa shape index (κ1) is 9.59. The van der Waals surface area contributed by atoms with Crippen LogP contribution in [0.25, 0.3) is 0 Å². The normalized spacial score (nSPS) is 16.2. The van der Waals surface area contributed by atoms with Crippen LogP contribution in [0.3, 0.4) is 0 Å². The standard InChI is InChI=1S/C11H14N2S/c1-13(10-6-3-2-4-7-10)11-12-8-5-9-14-11/h2-4,6-7H,5,8-9H2,1H3. The highest BCUT2D eigenvalue weighted by molar-refractivity contribution is 8.14. The number of thioether (sulfide) groups is 1. The molecule has 0 fully saturated rings. The molecule has 0 spiro atoms. The first-order valence-corrected chi connectivity index (χ1v) is 5.82. The Morgan fingerprint density at radius 2 is 2.07 bits per heavy atom. The lowest BCUT2D eigenvalue weighted by atomic mass is 10.3. The van der Waals surface area contributed by atoms with Gasteiger partial charge in [0.05, 0.1) is 0 Å². The Kier molecular flexibility index (Phi) is 3.09. The van der Waals surface area contributed by atoms with Gasteiger partial charge in [-0.3, -0.25) is 4.99 Å². The van der Waals surface area contributed by atoms with Crippen molar-refractivity contribution in [2.24, 2.45) is 4.99 Å². The molecule has 1 aliphatic rings. The van der Waals surface area contributed by atoms with Crippen LogP contribution in [-0.4, -0.2) is 24.5 Å². The Hall–Kier alpha value is -0.960. The zero-order valence-electron chi connectivity index (χ0n) is 8.31. The number of hydrogen-bond donors (Lipinski definition) is 0. The van der Waals surface area contributed by atoms with Crippen molar-refractivity contribution in [1.82, 2.24) is 0 Å². The van der Waals surface area contributed by atoms with E-state index >= 15 is 0 Å². The minimum Gasteiger partial charge on any atom is -0.324 e. The van der Waals surface area contributed by atoms with E-state index in [0.29, 0.717) is 0 Å². The molecule has 2 nitrogen and oxygen atoms in total. The summed E-state index contributed by atoms with van der Waals surface area (Å²) in [5.74, 6) is 1.19. The molecule has 0 amide bonds. The molecule has 14 heavy (non-hydrogen) atoms. The first-order valence-electron chi connectivity index (χ1n) is 4.84. The van der Waals surface area contributed by atoms with Crippen LogP contribution in [0.15, 0.2) is 35.3 Å². The Bertz CT molecular complexity index is 321. The van der Waals surface area contributed by atoms with Crippen LogP contribution in [0, 0.1) is 0 Å². The summed E-state index contributed by atoms with van der Waals surface area (Å²) in [5, 5.41) is 1.14. The molecule has 0 N–H and O–H groups in total. The minimum atomic E-state index is 0.972. The van der Waals surface area contributed by atoms with Gasteiger partial charge in [-0.1, -0.05) is 30.0 Å². The van der Waals surface area contributed by atoms with Crippen LogP contribution >= 0.6 is 11.8 Å². The molecule has 2 rings (SSSR count). The van der Waals surface area contributed by atoms with Crippen LogP contribution in [-0.2, 0) is 0 Å². The summed E-state index contributed by atoms with van der Waals surface area (Å²) in [5.41, 5.74) is 1.21. The Labute approximate surface area is 89.0 Å². The molecule has 0 aromatic heterocycles. The second kappa shape index (κ2) is 4.51. The van der Waals surface area contributed by atoms with E-state index in [9.17, 15) is 0 Å².